The van der Waals surface area contributed by atoms with Crippen LogP contribution in [0, 0.1) is 0 Å². The summed E-state index contributed by atoms with van der Waals surface area (Å²) in [6.45, 7) is 12.2. The summed E-state index contributed by atoms with van der Waals surface area (Å²) in [6, 6.07) is 16.7. The van der Waals surface area contributed by atoms with Crippen molar-refractivity contribution >= 4 is 79.5 Å². The third-order valence-corrected chi connectivity index (χ3v) is 6.65. The maximum absolute atomic E-state index is 5.78. The van der Waals surface area contributed by atoms with Gasteiger partial charge in [-0.15, -0.1) is 0 Å². The molecule has 260 valence electrons. The highest BCUT2D eigenvalue weighted by Crippen LogP contribution is 2.25. The molecule has 0 saturated heterocycles. The molecule has 7 rings (SSSR count). The number of fused-ring (bicyclic) bond motifs is 3. The topological polar surface area (TPSA) is 175 Å². The van der Waals surface area contributed by atoms with Crippen molar-refractivity contribution in [3.63, 3.8) is 0 Å². The summed E-state index contributed by atoms with van der Waals surface area (Å²) < 4.78 is 0. The van der Waals surface area contributed by atoms with Crippen LogP contribution >= 0.6 is 34.8 Å². The van der Waals surface area contributed by atoms with Crippen LogP contribution in [0.25, 0.3) is 44.5 Å². The number of halogens is 3. The van der Waals surface area contributed by atoms with Gasteiger partial charge in [-0.3, -0.25) is 0 Å². The Labute approximate surface area is 301 Å². The minimum Gasteiger partial charge on any atom is -0.367 e. The first-order chi connectivity index (χ1) is 22.9. The Hall–Kier alpha value is -4.49. The van der Waals surface area contributed by atoms with E-state index >= 15 is 0 Å². The Morgan fingerprint density at radius 2 is 1.00 bits per heavy atom. The van der Waals surface area contributed by atoms with E-state index < -0.39 is 0 Å². The van der Waals surface area contributed by atoms with E-state index in [9.17, 15) is 0 Å². The first kappa shape index (κ1) is 39.0. The number of aromatic amines is 3. The van der Waals surface area contributed by atoms with Gasteiger partial charge in [0.15, 0.2) is 5.82 Å². The van der Waals surface area contributed by atoms with Crippen molar-refractivity contribution in [2.45, 2.75) is 67.1 Å². The first-order valence-corrected chi connectivity index (χ1v) is 16.4. The van der Waals surface area contributed by atoms with Crippen molar-refractivity contribution in [1.29, 1.82) is 0 Å². The molecule has 7 aromatic rings. The maximum Gasteiger partial charge on any atom is 0.226 e. The van der Waals surface area contributed by atoms with Crippen LogP contribution in [0.1, 0.15) is 49.0 Å². The predicted octanol–water partition coefficient (Wildman–Crippen LogP) is 9.13. The molecule has 0 aliphatic heterocycles. The van der Waals surface area contributed by atoms with E-state index in [1.54, 1.807) is 12.3 Å². The first-order valence-electron chi connectivity index (χ1n) is 15.3. The molecular formula is C34H43Cl3N12. The summed E-state index contributed by atoms with van der Waals surface area (Å²) >= 11 is 17.1. The second-order valence-corrected chi connectivity index (χ2v) is 12.5. The summed E-state index contributed by atoms with van der Waals surface area (Å²) in [7, 11) is 0. The summed E-state index contributed by atoms with van der Waals surface area (Å²) in [6.07, 6.45) is 5.45. The lowest BCUT2D eigenvalue weighted by atomic mass is 10.2. The van der Waals surface area contributed by atoms with E-state index in [2.05, 4.69) is 83.2 Å². The second kappa shape index (κ2) is 18.3. The maximum atomic E-state index is 5.78. The van der Waals surface area contributed by atoms with Crippen molar-refractivity contribution in [1.82, 2.24) is 44.9 Å². The molecule has 0 saturated carbocycles. The zero-order valence-corrected chi connectivity index (χ0v) is 29.7. The minimum atomic E-state index is 0. The Bertz CT molecular complexity index is 2030. The number of H-pyrrole nitrogens is 3. The molecule has 0 amide bonds. The zero-order valence-electron chi connectivity index (χ0n) is 27.5. The fraction of sp³-hybridized carbons (Fsp3) is 0.294. The molecule has 7 N–H and O–H groups in total. The molecule has 6 heterocycles. The Kier molecular flexibility index (Phi) is 14.6. The van der Waals surface area contributed by atoms with E-state index in [0.29, 0.717) is 28.9 Å². The molecule has 0 fully saturated rings. The Balaban J connectivity index is 0.000000193. The van der Waals surface area contributed by atoms with E-state index in [1.165, 1.54) is 0 Å². The quantitative estimate of drug-likeness (QED) is 0.0747. The average molecular weight is 726 g/mol. The molecule has 15 heteroatoms. The number of rotatable bonds is 5. The molecule has 0 atom stereocenters. The summed E-state index contributed by atoms with van der Waals surface area (Å²) in [5, 5.41) is 10.1. The molecule has 0 radical (unpaired) electrons. The van der Waals surface area contributed by atoms with Crippen molar-refractivity contribution in [2.24, 2.45) is 5.73 Å². The van der Waals surface area contributed by atoms with Gasteiger partial charge in [0.25, 0.3) is 0 Å². The van der Waals surface area contributed by atoms with E-state index in [0.717, 1.165) is 50.5 Å². The molecule has 0 spiro atoms. The summed E-state index contributed by atoms with van der Waals surface area (Å²) in [4.78, 5) is 34.1. The average Bonchev–Trinajstić information content (AvgIpc) is 3.79. The third kappa shape index (κ3) is 11.3. The third-order valence-electron chi connectivity index (χ3n) is 6.03. The predicted molar refractivity (Wildman–Crippen MR) is 206 cm³/mol. The Morgan fingerprint density at radius 1 is 0.571 bits per heavy atom. The minimum absolute atomic E-state index is 0. The molecule has 0 aliphatic carbocycles. The van der Waals surface area contributed by atoms with Gasteiger partial charge in [0.05, 0.1) is 16.2 Å². The normalized spacial score (nSPS) is 10.6. The fourth-order valence-electron chi connectivity index (χ4n) is 4.22. The van der Waals surface area contributed by atoms with Gasteiger partial charge < -0.3 is 31.3 Å². The van der Waals surface area contributed by atoms with Gasteiger partial charge in [0.2, 0.25) is 10.6 Å². The number of nitrogens with zero attached hydrogens (tertiary/aromatic N) is 6. The van der Waals surface area contributed by atoms with Crippen LogP contribution in [0.2, 0.25) is 15.7 Å². The highest BCUT2D eigenvalue weighted by Gasteiger charge is 2.11. The number of benzene rings is 1. The number of nitrogens with two attached hydrogens (primary N) is 1. The van der Waals surface area contributed by atoms with E-state index in [-0.39, 0.29) is 18.0 Å². The lowest BCUT2D eigenvalue weighted by molar-refractivity contribution is 0.834. The van der Waals surface area contributed by atoms with E-state index in [1.807, 2.05) is 68.7 Å². The second-order valence-electron chi connectivity index (χ2n) is 11.4. The van der Waals surface area contributed by atoms with Gasteiger partial charge >= 0.3 is 0 Å². The van der Waals surface area contributed by atoms with Crippen LogP contribution in [0.3, 0.4) is 0 Å². The SMILES string of the molecule is C.CC(C)N.CC(C)Nc1nc(-c2ccccc2)nc2[nH]ccc12.CC(C)Nc1nc(Cl)nc2[nH]ccc12.Clc1nc(Cl)c2cc[nH]c2n1. The largest absolute Gasteiger partial charge is 0.367 e. The van der Waals surface area contributed by atoms with E-state index in [4.69, 9.17) is 40.5 Å². The lowest BCUT2D eigenvalue weighted by Gasteiger charge is -2.11. The zero-order chi connectivity index (χ0) is 34.8. The van der Waals surface area contributed by atoms with Crippen LogP contribution < -0.4 is 16.4 Å². The molecule has 0 aliphatic rings. The number of hydrogen-bond donors (Lipinski definition) is 6. The van der Waals surface area contributed by atoms with Crippen molar-refractivity contribution < 1.29 is 0 Å². The van der Waals surface area contributed by atoms with Crippen LogP contribution in [0.5, 0.6) is 0 Å². The number of hydrogen-bond acceptors (Lipinski definition) is 9. The molecule has 0 bridgehead atoms. The van der Waals surface area contributed by atoms with Crippen LogP contribution in [0.15, 0.2) is 67.1 Å². The van der Waals surface area contributed by atoms with Crippen molar-refractivity contribution in [2.75, 3.05) is 10.6 Å². The number of anilines is 2. The Morgan fingerprint density at radius 3 is 1.51 bits per heavy atom. The summed E-state index contributed by atoms with van der Waals surface area (Å²) in [5.41, 5.74) is 8.41. The molecule has 49 heavy (non-hydrogen) atoms. The standard InChI is InChI=1S/C15H16N4.C9H11ClN4.C6H3Cl2N3.C3H9N.CH4/c1-10(2)17-15-12-8-9-16-14(12)18-13(19-15)11-6-4-3-5-7-11;1-5(2)12-8-6-3-4-11-7(6)13-9(10)14-8;7-4-3-1-2-9-5(3)11-6(8)10-4;1-3(2)4;/h3-10H,1-2H3,(H2,16,17,18,19);3-5H,1-2H3,(H2,11,12,13,14);1-2H,(H,9,10,11);3H,4H2,1-2H3;1H4. The molecule has 1 aromatic carbocycles. The molecule has 0 unspecified atom stereocenters. The van der Waals surface area contributed by atoms with Gasteiger partial charge in [-0.25, -0.2) is 19.9 Å². The van der Waals surface area contributed by atoms with Crippen molar-refractivity contribution in [3.8, 4) is 11.4 Å². The van der Waals surface area contributed by atoms with Gasteiger partial charge in [0, 0.05) is 36.2 Å². The van der Waals surface area contributed by atoms with Gasteiger partial charge in [-0.2, -0.15) is 9.97 Å². The van der Waals surface area contributed by atoms with Crippen LogP contribution in [0.4, 0.5) is 11.6 Å². The van der Waals surface area contributed by atoms with Crippen LogP contribution in [-0.2, 0) is 0 Å². The number of aromatic nitrogens is 9. The van der Waals surface area contributed by atoms with Crippen LogP contribution in [-0.4, -0.2) is 63.0 Å². The smallest absolute Gasteiger partial charge is 0.226 e. The molecule has 12 nitrogen and oxygen atoms in total. The number of nitrogens with one attached hydrogen (secondary N) is 5. The summed E-state index contributed by atoms with van der Waals surface area (Å²) in [5.74, 6) is 2.38. The van der Waals surface area contributed by atoms with Crippen molar-refractivity contribution in [3.05, 3.63) is 82.8 Å². The highest BCUT2D eigenvalue weighted by molar-refractivity contribution is 6.35. The van der Waals surface area contributed by atoms with Gasteiger partial charge in [0.1, 0.15) is 33.7 Å². The molecular weight excluding hydrogens is 683 g/mol. The highest BCUT2D eigenvalue weighted by atomic mass is 35.5. The monoisotopic (exact) mass is 724 g/mol. The lowest BCUT2D eigenvalue weighted by Crippen LogP contribution is -2.12. The molecule has 6 aromatic heterocycles. The van der Waals surface area contributed by atoms with Gasteiger partial charge in [-0.05, 0) is 75.1 Å². The van der Waals surface area contributed by atoms with Gasteiger partial charge in [-0.1, -0.05) is 63.2 Å². The fourth-order valence-corrected chi connectivity index (χ4v) is 4.83.